The van der Waals surface area contributed by atoms with Gasteiger partial charge >= 0.3 is 0 Å². The van der Waals surface area contributed by atoms with Crippen LogP contribution in [0.4, 0.5) is 0 Å². The van der Waals surface area contributed by atoms with Gasteiger partial charge in [0.25, 0.3) is 0 Å². The highest BCUT2D eigenvalue weighted by Gasteiger charge is 2.12. The van der Waals surface area contributed by atoms with Crippen LogP contribution in [0.15, 0.2) is 54.6 Å². The van der Waals surface area contributed by atoms with Crippen LogP contribution in [0.1, 0.15) is 18.3 Å². The van der Waals surface area contributed by atoms with Gasteiger partial charge in [-0.1, -0.05) is 42.5 Å². The molecule has 0 amide bonds. The number of nitrogens with two attached hydrogens (primary N) is 1. The van der Waals surface area contributed by atoms with E-state index in [4.69, 9.17) is 10.7 Å². The predicted molar refractivity (Wildman–Crippen MR) is 89.9 cm³/mol. The molecular formula is C17H20ClN3. The highest BCUT2D eigenvalue weighted by atomic mass is 35.5. The van der Waals surface area contributed by atoms with E-state index in [1.165, 1.54) is 11.1 Å². The van der Waals surface area contributed by atoms with Gasteiger partial charge in [-0.15, -0.1) is 12.4 Å². The number of rotatable bonds is 4. The molecule has 110 valence electrons. The summed E-state index contributed by atoms with van der Waals surface area (Å²) in [6.45, 7) is 2.86. The largest absolute Gasteiger partial charge is 0.328 e. The van der Waals surface area contributed by atoms with Gasteiger partial charge < -0.3 is 10.3 Å². The van der Waals surface area contributed by atoms with Gasteiger partial charge in [-0.2, -0.15) is 0 Å². The minimum atomic E-state index is 0. The van der Waals surface area contributed by atoms with Crippen molar-refractivity contribution in [2.24, 2.45) is 5.73 Å². The maximum atomic E-state index is 5.96. The molecule has 0 saturated carbocycles. The van der Waals surface area contributed by atoms with E-state index in [0.29, 0.717) is 0 Å². The van der Waals surface area contributed by atoms with Gasteiger partial charge in [0.2, 0.25) is 0 Å². The monoisotopic (exact) mass is 301 g/mol. The number of hydrogen-bond donors (Lipinski definition) is 1. The van der Waals surface area contributed by atoms with Gasteiger partial charge in [0, 0.05) is 19.0 Å². The average Bonchev–Trinajstić information content (AvgIpc) is 2.77. The van der Waals surface area contributed by atoms with Crippen LogP contribution >= 0.6 is 12.4 Å². The lowest BCUT2D eigenvalue weighted by Gasteiger charge is -2.11. The van der Waals surface area contributed by atoms with E-state index in [0.717, 1.165) is 24.3 Å². The van der Waals surface area contributed by atoms with Crippen LogP contribution in [-0.4, -0.2) is 15.6 Å². The van der Waals surface area contributed by atoms with Crippen LogP contribution in [-0.2, 0) is 13.0 Å². The summed E-state index contributed by atoms with van der Waals surface area (Å²) in [6, 6.07) is 18.8. The van der Waals surface area contributed by atoms with Crippen LogP contribution in [0, 0.1) is 0 Å². The molecule has 0 aliphatic heterocycles. The molecule has 1 atom stereocenters. The Kier molecular flexibility index (Phi) is 4.99. The molecule has 1 unspecified atom stereocenters. The molecule has 0 saturated heterocycles. The Morgan fingerprint density at radius 3 is 2.43 bits per heavy atom. The Morgan fingerprint density at radius 2 is 1.71 bits per heavy atom. The zero-order chi connectivity index (χ0) is 13.9. The van der Waals surface area contributed by atoms with Crippen molar-refractivity contribution >= 4 is 23.4 Å². The molecule has 0 aliphatic carbocycles. The number of fused-ring (bicyclic) bond motifs is 1. The molecule has 4 heteroatoms. The van der Waals surface area contributed by atoms with Gasteiger partial charge in [-0.25, -0.2) is 4.98 Å². The van der Waals surface area contributed by atoms with Crippen LogP contribution in [0.25, 0.3) is 11.0 Å². The van der Waals surface area contributed by atoms with Crippen LogP contribution in [0.5, 0.6) is 0 Å². The van der Waals surface area contributed by atoms with Gasteiger partial charge in [0.1, 0.15) is 5.82 Å². The highest BCUT2D eigenvalue weighted by molar-refractivity contribution is 5.85. The van der Waals surface area contributed by atoms with E-state index in [9.17, 15) is 0 Å². The fraction of sp³-hybridized carbons (Fsp3) is 0.235. The summed E-state index contributed by atoms with van der Waals surface area (Å²) in [5.74, 6) is 1.06. The standard InChI is InChI=1S/C17H19N3.ClH/c1-13(18)11-17-19-15-9-5-6-10-16(15)20(17)12-14-7-3-2-4-8-14;/h2-10,13H,11-12,18H2,1H3;1H. The molecule has 0 fully saturated rings. The minimum Gasteiger partial charge on any atom is -0.328 e. The Morgan fingerprint density at radius 1 is 1.05 bits per heavy atom. The number of benzene rings is 2. The third kappa shape index (κ3) is 3.43. The second-order valence-electron chi connectivity index (χ2n) is 5.27. The van der Waals surface area contributed by atoms with Crippen molar-refractivity contribution < 1.29 is 0 Å². The summed E-state index contributed by atoms with van der Waals surface area (Å²) >= 11 is 0. The van der Waals surface area contributed by atoms with Gasteiger partial charge in [0.15, 0.2) is 0 Å². The topological polar surface area (TPSA) is 43.8 Å². The molecule has 0 bridgehead atoms. The van der Waals surface area contributed by atoms with Crippen molar-refractivity contribution in [3.8, 4) is 0 Å². The SMILES string of the molecule is CC(N)Cc1nc2ccccc2n1Cc1ccccc1.Cl. The Bertz CT molecular complexity index is 704. The molecule has 2 aromatic carbocycles. The van der Waals surface area contributed by atoms with E-state index < -0.39 is 0 Å². The summed E-state index contributed by atoms with van der Waals surface area (Å²) in [5, 5.41) is 0. The number of aromatic nitrogens is 2. The van der Waals surface area contributed by atoms with Gasteiger partial charge in [-0.05, 0) is 24.6 Å². The summed E-state index contributed by atoms with van der Waals surface area (Å²) < 4.78 is 2.27. The van der Waals surface area contributed by atoms with E-state index in [-0.39, 0.29) is 18.4 Å². The molecule has 2 N–H and O–H groups in total. The van der Waals surface area contributed by atoms with Gasteiger partial charge in [0.05, 0.1) is 11.0 Å². The van der Waals surface area contributed by atoms with E-state index in [1.807, 2.05) is 19.1 Å². The van der Waals surface area contributed by atoms with Crippen molar-refractivity contribution in [2.45, 2.75) is 25.9 Å². The smallest absolute Gasteiger partial charge is 0.111 e. The fourth-order valence-electron chi connectivity index (χ4n) is 2.51. The maximum Gasteiger partial charge on any atom is 0.111 e. The first-order valence-corrected chi connectivity index (χ1v) is 6.97. The van der Waals surface area contributed by atoms with Crippen molar-refractivity contribution in [1.82, 2.24) is 9.55 Å². The van der Waals surface area contributed by atoms with Crippen molar-refractivity contribution in [2.75, 3.05) is 0 Å². The third-order valence-electron chi connectivity index (χ3n) is 3.42. The van der Waals surface area contributed by atoms with Gasteiger partial charge in [-0.3, -0.25) is 0 Å². The van der Waals surface area contributed by atoms with Crippen LogP contribution < -0.4 is 5.73 Å². The number of para-hydroxylation sites is 2. The van der Waals surface area contributed by atoms with E-state index >= 15 is 0 Å². The molecular weight excluding hydrogens is 282 g/mol. The van der Waals surface area contributed by atoms with Crippen LogP contribution in [0.3, 0.4) is 0 Å². The number of imidazole rings is 1. The quantitative estimate of drug-likeness (QED) is 0.802. The average molecular weight is 302 g/mol. The molecule has 1 aromatic heterocycles. The molecule has 0 aliphatic rings. The summed E-state index contributed by atoms with van der Waals surface area (Å²) in [7, 11) is 0. The van der Waals surface area contributed by atoms with Crippen molar-refractivity contribution in [3.05, 3.63) is 66.0 Å². The normalized spacial score (nSPS) is 12.1. The molecule has 3 aromatic rings. The van der Waals surface area contributed by atoms with E-state index in [2.05, 4.69) is 47.0 Å². The number of hydrogen-bond acceptors (Lipinski definition) is 2. The second kappa shape index (κ2) is 6.74. The molecule has 3 rings (SSSR count). The minimum absolute atomic E-state index is 0. The number of halogens is 1. The second-order valence-corrected chi connectivity index (χ2v) is 5.27. The molecule has 0 radical (unpaired) electrons. The first kappa shape index (κ1) is 15.5. The lowest BCUT2D eigenvalue weighted by atomic mass is 10.2. The molecule has 1 heterocycles. The Balaban J connectivity index is 0.00000161. The molecule has 3 nitrogen and oxygen atoms in total. The highest BCUT2D eigenvalue weighted by Crippen LogP contribution is 2.18. The Labute approximate surface area is 131 Å². The summed E-state index contributed by atoms with van der Waals surface area (Å²) in [6.07, 6.45) is 0.793. The lowest BCUT2D eigenvalue weighted by molar-refractivity contribution is 0.657. The Hall–Kier alpha value is -1.84. The van der Waals surface area contributed by atoms with Crippen molar-refractivity contribution in [1.29, 1.82) is 0 Å². The zero-order valence-corrected chi connectivity index (χ0v) is 12.9. The van der Waals surface area contributed by atoms with Crippen LogP contribution in [0.2, 0.25) is 0 Å². The lowest BCUT2D eigenvalue weighted by Crippen LogP contribution is -2.20. The third-order valence-corrected chi connectivity index (χ3v) is 3.42. The number of nitrogens with zero attached hydrogens (tertiary/aromatic N) is 2. The first-order chi connectivity index (χ1) is 9.74. The first-order valence-electron chi connectivity index (χ1n) is 6.97. The fourth-order valence-corrected chi connectivity index (χ4v) is 2.51. The predicted octanol–water partition coefficient (Wildman–Crippen LogP) is 3.40. The van der Waals surface area contributed by atoms with Crippen molar-refractivity contribution in [3.63, 3.8) is 0 Å². The zero-order valence-electron chi connectivity index (χ0n) is 12.1. The van der Waals surface area contributed by atoms with E-state index in [1.54, 1.807) is 0 Å². The maximum absolute atomic E-state index is 5.96. The molecule has 0 spiro atoms. The molecule has 21 heavy (non-hydrogen) atoms. The summed E-state index contributed by atoms with van der Waals surface area (Å²) in [4.78, 5) is 4.73. The summed E-state index contributed by atoms with van der Waals surface area (Å²) in [5.41, 5.74) is 9.45.